The van der Waals surface area contributed by atoms with Crippen LogP contribution in [0.5, 0.6) is 0 Å². The van der Waals surface area contributed by atoms with Crippen molar-refractivity contribution in [1.29, 1.82) is 0 Å². The van der Waals surface area contributed by atoms with Crippen molar-refractivity contribution in [2.24, 2.45) is 0 Å². The smallest absolute Gasteiger partial charge is 0.164 e. The van der Waals surface area contributed by atoms with E-state index in [1.165, 1.54) is 27.5 Å². The molecule has 0 aliphatic heterocycles. The minimum absolute atomic E-state index is 0.652. The maximum atomic E-state index is 6.22. The highest BCUT2D eigenvalue weighted by atomic mass is 16.3. The van der Waals surface area contributed by atoms with Gasteiger partial charge < -0.3 is 4.42 Å². The topological polar surface area (TPSA) is 51.8 Å². The van der Waals surface area contributed by atoms with Crippen molar-refractivity contribution in [3.63, 3.8) is 0 Å². The number of aromatic nitrogens is 3. The van der Waals surface area contributed by atoms with Gasteiger partial charge in [0.2, 0.25) is 0 Å². The Labute approximate surface area is 261 Å². The monoisotopic (exact) mass is 579 g/mol. The van der Waals surface area contributed by atoms with Crippen molar-refractivity contribution in [2.75, 3.05) is 0 Å². The summed E-state index contributed by atoms with van der Waals surface area (Å²) in [6.45, 7) is 0. The molecule has 0 unspecified atom stereocenters. The molecule has 0 fully saturated rings. The van der Waals surface area contributed by atoms with Crippen LogP contribution >= 0.6 is 0 Å². The molecule has 2 heterocycles. The van der Waals surface area contributed by atoms with Gasteiger partial charge in [-0.15, -0.1) is 0 Å². The predicted octanol–water partition coefficient (Wildman–Crippen LogP) is 10.6. The quantitative estimate of drug-likeness (QED) is 0.208. The number of fused-ring (bicyclic) bond motifs is 6. The van der Waals surface area contributed by atoms with Gasteiger partial charge in [0.1, 0.15) is 11.2 Å². The maximum Gasteiger partial charge on any atom is 0.164 e. The first-order valence-electron chi connectivity index (χ1n) is 15.6. The number of aryl methyl sites for hydroxylation is 1. The Morgan fingerprint density at radius 1 is 0.578 bits per heavy atom. The van der Waals surface area contributed by atoms with Crippen LogP contribution < -0.4 is 0 Å². The summed E-state index contributed by atoms with van der Waals surface area (Å²) in [7, 11) is 0. The average molecular weight is 580 g/mol. The lowest BCUT2D eigenvalue weighted by atomic mass is 9.85. The SMILES string of the molecule is C1=CCCC(c2nc(-c3cccc(-c4cc5ccccc5c5c4C=CCC5)c3)nc(-c3cccc4oc5ccccc5c34)n2)=C1. The summed E-state index contributed by atoms with van der Waals surface area (Å²) in [4.78, 5) is 15.3. The zero-order valence-electron chi connectivity index (χ0n) is 24.7. The lowest BCUT2D eigenvalue weighted by molar-refractivity contribution is 0.669. The van der Waals surface area contributed by atoms with Crippen molar-refractivity contribution in [3.8, 4) is 33.9 Å². The number of hydrogen-bond acceptors (Lipinski definition) is 4. The van der Waals surface area contributed by atoms with E-state index in [1.807, 2.05) is 30.3 Å². The molecule has 0 amide bonds. The van der Waals surface area contributed by atoms with E-state index in [0.717, 1.165) is 75.7 Å². The molecule has 0 N–H and O–H groups in total. The normalized spacial score (nSPS) is 14.3. The fourth-order valence-electron chi connectivity index (χ4n) is 6.91. The Balaban J connectivity index is 1.25. The third-order valence-corrected chi connectivity index (χ3v) is 9.06. The Morgan fingerprint density at radius 3 is 2.29 bits per heavy atom. The van der Waals surface area contributed by atoms with E-state index in [1.54, 1.807) is 0 Å². The third-order valence-electron chi connectivity index (χ3n) is 9.06. The number of nitrogens with zero attached hydrogens (tertiary/aromatic N) is 3. The lowest BCUT2D eigenvalue weighted by Crippen LogP contribution is -2.04. The van der Waals surface area contributed by atoms with Crippen LogP contribution in [-0.2, 0) is 6.42 Å². The van der Waals surface area contributed by atoms with Crippen LogP contribution in [-0.4, -0.2) is 15.0 Å². The molecule has 2 aliphatic rings. The van der Waals surface area contributed by atoms with Gasteiger partial charge in [0.25, 0.3) is 0 Å². The first-order chi connectivity index (χ1) is 22.3. The average Bonchev–Trinajstić information content (AvgIpc) is 3.50. The van der Waals surface area contributed by atoms with Crippen LogP contribution in [0.3, 0.4) is 0 Å². The fourth-order valence-corrected chi connectivity index (χ4v) is 6.91. The zero-order valence-corrected chi connectivity index (χ0v) is 24.7. The van der Waals surface area contributed by atoms with E-state index in [2.05, 4.69) is 97.1 Å². The van der Waals surface area contributed by atoms with E-state index < -0.39 is 0 Å². The van der Waals surface area contributed by atoms with E-state index in [-0.39, 0.29) is 0 Å². The van der Waals surface area contributed by atoms with E-state index in [4.69, 9.17) is 19.4 Å². The number of furan rings is 1. The molecule has 9 rings (SSSR count). The third kappa shape index (κ3) is 4.41. The van der Waals surface area contributed by atoms with Gasteiger partial charge in [-0.1, -0.05) is 103 Å². The van der Waals surface area contributed by atoms with Crippen LogP contribution in [0.25, 0.3) is 78.3 Å². The molecule has 4 heteroatoms. The second-order valence-corrected chi connectivity index (χ2v) is 11.8. The second-order valence-electron chi connectivity index (χ2n) is 11.8. The van der Waals surface area contributed by atoms with Crippen LogP contribution in [0.4, 0.5) is 0 Å². The van der Waals surface area contributed by atoms with Crippen molar-refractivity contribution in [2.45, 2.75) is 25.7 Å². The van der Waals surface area contributed by atoms with Crippen LogP contribution in [0.1, 0.15) is 36.2 Å². The molecule has 45 heavy (non-hydrogen) atoms. The van der Waals surface area contributed by atoms with Crippen molar-refractivity contribution in [1.82, 2.24) is 15.0 Å². The van der Waals surface area contributed by atoms with E-state index >= 15 is 0 Å². The number of rotatable bonds is 4. The number of allylic oxidation sites excluding steroid dienone is 5. The molecule has 7 aromatic rings. The number of para-hydroxylation sites is 1. The molecule has 0 saturated heterocycles. The Morgan fingerprint density at radius 2 is 1.36 bits per heavy atom. The number of benzene rings is 5. The Hall–Kier alpha value is -5.61. The summed E-state index contributed by atoms with van der Waals surface area (Å²) in [5, 5.41) is 4.70. The maximum absolute atomic E-state index is 6.22. The van der Waals surface area contributed by atoms with Gasteiger partial charge in [-0.3, -0.25) is 0 Å². The summed E-state index contributed by atoms with van der Waals surface area (Å²) < 4.78 is 6.22. The molecule has 0 radical (unpaired) electrons. The van der Waals surface area contributed by atoms with Crippen molar-refractivity contribution < 1.29 is 4.42 Å². The van der Waals surface area contributed by atoms with Crippen molar-refractivity contribution >= 4 is 44.4 Å². The number of hydrogen-bond donors (Lipinski definition) is 0. The molecule has 2 aromatic heterocycles. The van der Waals surface area contributed by atoms with Crippen LogP contribution in [0.15, 0.2) is 126 Å². The molecule has 0 spiro atoms. The second kappa shape index (κ2) is 10.5. The largest absolute Gasteiger partial charge is 0.456 e. The summed E-state index contributed by atoms with van der Waals surface area (Å²) in [5.41, 5.74) is 9.86. The molecule has 214 valence electrons. The summed E-state index contributed by atoms with van der Waals surface area (Å²) in [6, 6.07) is 34.0. The van der Waals surface area contributed by atoms with Gasteiger partial charge >= 0.3 is 0 Å². The highest BCUT2D eigenvalue weighted by Gasteiger charge is 2.20. The van der Waals surface area contributed by atoms with Gasteiger partial charge in [-0.25, -0.2) is 15.0 Å². The van der Waals surface area contributed by atoms with Gasteiger partial charge in [-0.2, -0.15) is 0 Å². The summed E-state index contributed by atoms with van der Waals surface area (Å²) in [6.07, 6.45) is 15.0. The van der Waals surface area contributed by atoms with Gasteiger partial charge in [0.15, 0.2) is 17.5 Å². The highest BCUT2D eigenvalue weighted by molar-refractivity contribution is 6.11. The Bertz CT molecular complexity index is 2390. The predicted molar refractivity (Wildman–Crippen MR) is 185 cm³/mol. The van der Waals surface area contributed by atoms with E-state index in [9.17, 15) is 0 Å². The lowest BCUT2D eigenvalue weighted by Gasteiger charge is -2.19. The fraction of sp³-hybridized carbons (Fsp3) is 0.0976. The zero-order chi connectivity index (χ0) is 29.7. The van der Waals surface area contributed by atoms with E-state index in [0.29, 0.717) is 11.6 Å². The molecule has 2 aliphatic carbocycles. The van der Waals surface area contributed by atoms with Gasteiger partial charge in [0.05, 0.1) is 0 Å². The Kier molecular flexibility index (Phi) is 6.05. The first-order valence-corrected chi connectivity index (χ1v) is 15.6. The molecule has 4 nitrogen and oxygen atoms in total. The van der Waals surface area contributed by atoms with Crippen LogP contribution in [0.2, 0.25) is 0 Å². The molecule has 0 bridgehead atoms. The van der Waals surface area contributed by atoms with Gasteiger partial charge in [0, 0.05) is 21.9 Å². The molecular formula is C41H29N3O. The van der Waals surface area contributed by atoms with Crippen molar-refractivity contribution in [3.05, 3.63) is 138 Å². The minimum Gasteiger partial charge on any atom is -0.456 e. The first kappa shape index (κ1) is 25.8. The molecule has 0 saturated carbocycles. The minimum atomic E-state index is 0.652. The van der Waals surface area contributed by atoms with Crippen LogP contribution in [0, 0.1) is 0 Å². The summed E-state index contributed by atoms with van der Waals surface area (Å²) in [5.74, 6) is 2.04. The molecule has 0 atom stereocenters. The molecule has 5 aromatic carbocycles. The summed E-state index contributed by atoms with van der Waals surface area (Å²) >= 11 is 0. The standard InChI is InChI=1S/C41H29N3O/c1-2-12-26(13-3-1)39-42-40(44-41(43-39)34-21-11-23-37-38(34)33-20-8-9-22-36(33)45-37)29-16-10-15-27(24-29)35-25-28-14-4-5-17-30(28)31-18-6-7-19-32(31)35/h1-2,4-5,7-12,14-17,19-25H,3,6,13,18H2. The highest BCUT2D eigenvalue weighted by Crippen LogP contribution is 2.39. The van der Waals surface area contributed by atoms with Gasteiger partial charge in [-0.05, 0) is 88.5 Å². The molecular weight excluding hydrogens is 550 g/mol.